The molecule has 1 aromatic rings. The van der Waals surface area contributed by atoms with Crippen LogP contribution in [0.4, 0.5) is 0 Å². The molecule has 0 saturated heterocycles. The van der Waals surface area contributed by atoms with E-state index in [2.05, 4.69) is 27.9 Å². The van der Waals surface area contributed by atoms with Crippen LogP contribution in [0.2, 0.25) is 0 Å². The highest BCUT2D eigenvalue weighted by molar-refractivity contribution is 5.52. The van der Waals surface area contributed by atoms with Crippen LogP contribution < -0.4 is 0 Å². The van der Waals surface area contributed by atoms with Gasteiger partial charge in [-0.25, -0.2) is 0 Å². The van der Waals surface area contributed by atoms with E-state index in [4.69, 9.17) is 0 Å². The third-order valence-electron chi connectivity index (χ3n) is 2.13. The number of fused-ring (bicyclic) bond motifs is 1. The van der Waals surface area contributed by atoms with Crippen molar-refractivity contribution < 1.29 is 0 Å². The van der Waals surface area contributed by atoms with Crippen molar-refractivity contribution in [2.24, 2.45) is 0 Å². The first kappa shape index (κ1) is 5.24. The van der Waals surface area contributed by atoms with Gasteiger partial charge in [0.05, 0.1) is 5.69 Å². The summed E-state index contributed by atoms with van der Waals surface area (Å²) in [5.74, 6) is 0. The molecule has 0 amide bonds. The molecule has 2 aliphatic rings. The monoisotopic (exact) mass is 144 g/mol. The van der Waals surface area contributed by atoms with Crippen LogP contribution in [0.1, 0.15) is 11.4 Å². The van der Waals surface area contributed by atoms with E-state index in [0.29, 0.717) is 0 Å². The summed E-state index contributed by atoms with van der Waals surface area (Å²) in [6, 6.07) is 6.37. The lowest BCUT2D eigenvalue weighted by molar-refractivity contribution is 0.967. The molecule has 0 saturated carbocycles. The van der Waals surface area contributed by atoms with E-state index >= 15 is 0 Å². The quantitative estimate of drug-likeness (QED) is 0.565. The maximum atomic E-state index is 3.18. The first-order chi connectivity index (χ1) is 5.43. The minimum absolute atomic E-state index is 1.03. The van der Waals surface area contributed by atoms with Crippen LogP contribution >= 0.6 is 0 Å². The van der Waals surface area contributed by atoms with Gasteiger partial charge in [-0.05, 0) is 18.2 Å². The van der Waals surface area contributed by atoms with E-state index in [1.807, 2.05) is 12.3 Å². The number of aromatic nitrogens is 2. The average molecular weight is 144 g/mol. The molecular weight excluding hydrogens is 136 g/mol. The first-order valence-electron chi connectivity index (χ1n) is 3.77. The van der Waals surface area contributed by atoms with Gasteiger partial charge in [0.15, 0.2) is 0 Å². The molecular formula is C9H8N2. The zero-order chi connectivity index (χ0) is 7.26. The lowest BCUT2D eigenvalue weighted by Crippen LogP contribution is -1.97. The maximum Gasteiger partial charge on any atom is 0.0637 e. The van der Waals surface area contributed by atoms with Gasteiger partial charge in [0, 0.05) is 30.2 Å². The molecule has 0 aromatic carbocycles. The number of aromatic amines is 1. The van der Waals surface area contributed by atoms with Gasteiger partial charge in [-0.1, -0.05) is 0 Å². The third-order valence-corrected chi connectivity index (χ3v) is 2.13. The number of hydrogen-bond acceptors (Lipinski definition) is 0. The zero-order valence-corrected chi connectivity index (χ0v) is 6.04. The van der Waals surface area contributed by atoms with Crippen molar-refractivity contribution in [1.82, 2.24) is 9.55 Å². The molecule has 3 rings (SSSR count). The molecule has 0 atom stereocenters. The van der Waals surface area contributed by atoms with Gasteiger partial charge in [-0.2, -0.15) is 0 Å². The molecule has 54 valence electrons. The zero-order valence-electron chi connectivity index (χ0n) is 6.04. The van der Waals surface area contributed by atoms with E-state index in [-0.39, 0.29) is 0 Å². The molecule has 0 fully saturated rings. The van der Waals surface area contributed by atoms with Gasteiger partial charge in [0.1, 0.15) is 0 Å². The highest BCUT2D eigenvalue weighted by Crippen LogP contribution is 2.29. The third kappa shape index (κ3) is 0.664. The number of nitrogens with zero attached hydrogens (tertiary/aromatic N) is 1. The molecule has 0 spiro atoms. The fourth-order valence-electron chi connectivity index (χ4n) is 1.44. The Labute approximate surface area is 64.5 Å². The molecule has 2 nitrogen and oxygen atoms in total. The second-order valence-corrected chi connectivity index (χ2v) is 2.93. The van der Waals surface area contributed by atoms with E-state index in [0.717, 1.165) is 6.42 Å². The summed E-state index contributed by atoms with van der Waals surface area (Å²) in [6.45, 7) is 0. The fraction of sp³-hybridized carbons (Fsp3) is 0.111. The summed E-state index contributed by atoms with van der Waals surface area (Å²) in [4.78, 5) is 3.18. The van der Waals surface area contributed by atoms with Crippen molar-refractivity contribution in [3.63, 3.8) is 0 Å². The molecule has 0 bridgehead atoms. The molecule has 0 unspecified atom stereocenters. The van der Waals surface area contributed by atoms with Crippen LogP contribution in [-0.4, -0.2) is 9.55 Å². The summed E-state index contributed by atoms with van der Waals surface area (Å²) in [5.41, 5.74) is 4.07. The van der Waals surface area contributed by atoms with Gasteiger partial charge < -0.3 is 9.55 Å². The second kappa shape index (κ2) is 1.59. The van der Waals surface area contributed by atoms with Crippen molar-refractivity contribution in [2.45, 2.75) is 6.42 Å². The van der Waals surface area contributed by atoms with Crippen LogP contribution in [0.15, 0.2) is 30.6 Å². The van der Waals surface area contributed by atoms with Crippen LogP contribution in [-0.2, 0) is 6.42 Å². The van der Waals surface area contributed by atoms with E-state index in [9.17, 15) is 0 Å². The number of rotatable bonds is 2. The van der Waals surface area contributed by atoms with E-state index < -0.39 is 0 Å². The van der Waals surface area contributed by atoms with Crippen LogP contribution in [0, 0.1) is 0 Å². The molecule has 0 radical (unpaired) electrons. The molecule has 1 aromatic heterocycles. The minimum Gasteiger partial charge on any atom is -0.365 e. The van der Waals surface area contributed by atoms with Gasteiger partial charge >= 0.3 is 0 Å². The largest absolute Gasteiger partial charge is 0.365 e. The standard InChI is InChI=1S/C9H8N2/c1-2-7(10-3-1)4-8-5-9-6-11(8)9/h1-3,5-6,10H,4H2. The lowest BCUT2D eigenvalue weighted by Gasteiger charge is -2.04. The average Bonchev–Trinajstić information content (AvgIpc) is 2.50. The smallest absolute Gasteiger partial charge is 0.0637 e. The second-order valence-electron chi connectivity index (χ2n) is 2.93. The molecule has 11 heavy (non-hydrogen) atoms. The van der Waals surface area contributed by atoms with E-state index in [1.165, 1.54) is 17.1 Å². The molecule has 3 heterocycles. The van der Waals surface area contributed by atoms with Gasteiger partial charge in [-0.15, -0.1) is 0 Å². The fourth-order valence-corrected chi connectivity index (χ4v) is 1.44. The van der Waals surface area contributed by atoms with Crippen LogP contribution in [0.3, 0.4) is 0 Å². The SMILES string of the molecule is c1c[nH]c(Cc2cc3cn2-3)c1. The Hall–Kier alpha value is -1.44. The summed E-state index contributed by atoms with van der Waals surface area (Å²) >= 11 is 0. The van der Waals surface area contributed by atoms with E-state index in [1.54, 1.807) is 0 Å². The van der Waals surface area contributed by atoms with Crippen molar-refractivity contribution >= 4 is 0 Å². The maximum absolute atomic E-state index is 3.18. The highest BCUT2D eigenvalue weighted by Gasteiger charge is 2.19. The van der Waals surface area contributed by atoms with Crippen molar-refractivity contribution in [3.8, 4) is 5.69 Å². The summed E-state index contributed by atoms with van der Waals surface area (Å²) in [7, 11) is 0. The topological polar surface area (TPSA) is 20.7 Å². The van der Waals surface area contributed by atoms with Gasteiger partial charge in [0.2, 0.25) is 0 Å². The van der Waals surface area contributed by atoms with Crippen molar-refractivity contribution in [3.05, 3.63) is 42.0 Å². The predicted octanol–water partition coefficient (Wildman–Crippen LogP) is 1.71. The molecule has 2 heteroatoms. The Kier molecular flexibility index (Phi) is 0.756. The molecule has 1 N–H and O–H groups in total. The Balaban J connectivity index is 1.87. The summed E-state index contributed by atoms with van der Waals surface area (Å²) in [6.07, 6.45) is 5.15. The van der Waals surface area contributed by atoms with Crippen molar-refractivity contribution in [2.75, 3.05) is 0 Å². The summed E-state index contributed by atoms with van der Waals surface area (Å²) < 4.78 is 2.22. The van der Waals surface area contributed by atoms with Crippen LogP contribution in [0.5, 0.6) is 0 Å². The van der Waals surface area contributed by atoms with Crippen LogP contribution in [0.25, 0.3) is 5.69 Å². The van der Waals surface area contributed by atoms with Crippen molar-refractivity contribution in [1.29, 1.82) is 0 Å². The summed E-state index contributed by atoms with van der Waals surface area (Å²) in [5, 5.41) is 0. The van der Waals surface area contributed by atoms with Gasteiger partial charge in [-0.3, -0.25) is 0 Å². The normalized spacial score (nSPS) is 12.0. The Morgan fingerprint density at radius 2 is 2.45 bits per heavy atom. The lowest BCUT2D eigenvalue weighted by atomic mass is 10.2. The predicted molar refractivity (Wildman–Crippen MR) is 42.9 cm³/mol. The number of H-pyrrole nitrogens is 1. The number of nitrogens with one attached hydrogen (secondary N) is 1. The molecule has 2 aliphatic heterocycles. The molecule has 0 aliphatic carbocycles. The highest BCUT2D eigenvalue weighted by atomic mass is 15.1. The number of hydrogen-bond donors (Lipinski definition) is 1. The Morgan fingerprint density at radius 1 is 1.45 bits per heavy atom. The Bertz CT molecular complexity index is 376. The Morgan fingerprint density at radius 3 is 3.00 bits per heavy atom. The minimum atomic E-state index is 1.03. The first-order valence-corrected chi connectivity index (χ1v) is 3.77. The van der Waals surface area contributed by atoms with Gasteiger partial charge in [0.25, 0.3) is 0 Å².